The first-order valence-electron chi connectivity index (χ1n) is 6.70. The number of hydrogen-bond donors (Lipinski definition) is 0. The Kier molecular flexibility index (Phi) is 4.38. The molecule has 22 heavy (non-hydrogen) atoms. The van der Waals surface area contributed by atoms with E-state index in [9.17, 15) is 13.2 Å². The van der Waals surface area contributed by atoms with Crippen molar-refractivity contribution < 1.29 is 13.2 Å². The summed E-state index contributed by atoms with van der Waals surface area (Å²) in [6, 6.07) is 8.45. The van der Waals surface area contributed by atoms with Crippen molar-refractivity contribution in [3.8, 4) is 22.7 Å². The highest BCUT2D eigenvalue weighted by Gasteiger charge is 2.33. The largest absolute Gasteiger partial charge is 0.417 e. The number of alkyl halides is 3. The Morgan fingerprint density at radius 1 is 0.955 bits per heavy atom. The molecule has 0 bridgehead atoms. The van der Waals surface area contributed by atoms with E-state index >= 15 is 0 Å². The van der Waals surface area contributed by atoms with Gasteiger partial charge in [-0.1, -0.05) is 43.8 Å². The van der Waals surface area contributed by atoms with Crippen molar-refractivity contribution in [1.82, 2.24) is 10.2 Å². The average molecular weight is 320 g/mol. The van der Waals surface area contributed by atoms with Gasteiger partial charge >= 0.3 is 6.18 Å². The van der Waals surface area contributed by atoms with E-state index in [1.807, 2.05) is 0 Å². The smallest absolute Gasteiger partial charge is 0.166 e. The number of aromatic nitrogens is 2. The zero-order valence-corrected chi connectivity index (χ0v) is 13.5. The summed E-state index contributed by atoms with van der Waals surface area (Å²) in [5, 5.41) is 7.80. The van der Waals surface area contributed by atoms with Crippen LogP contribution in [0.4, 0.5) is 13.2 Å². The van der Waals surface area contributed by atoms with Crippen LogP contribution in [0.1, 0.15) is 11.3 Å². The third-order valence-electron chi connectivity index (χ3n) is 2.74. The fourth-order valence-corrected chi connectivity index (χ4v) is 2.25. The summed E-state index contributed by atoms with van der Waals surface area (Å²) >= 11 is 0. The molecule has 0 fully saturated rings. The Labute approximate surface area is 128 Å². The fraction of sp³-hybridized carbons (Fsp3) is 0.250. The minimum atomic E-state index is -4.42. The van der Waals surface area contributed by atoms with E-state index in [0.29, 0.717) is 5.69 Å². The highest BCUT2D eigenvalue weighted by molar-refractivity contribution is 6.83. The van der Waals surface area contributed by atoms with Crippen molar-refractivity contribution in [3.63, 3.8) is 0 Å². The molecule has 0 atom stereocenters. The molecule has 0 unspecified atom stereocenters. The van der Waals surface area contributed by atoms with Crippen LogP contribution in [0, 0.1) is 11.5 Å². The van der Waals surface area contributed by atoms with Gasteiger partial charge in [-0.2, -0.15) is 13.2 Å². The number of benzene rings is 1. The molecule has 1 aromatic heterocycles. The second kappa shape index (κ2) is 5.93. The van der Waals surface area contributed by atoms with Gasteiger partial charge in [0, 0.05) is 5.56 Å². The van der Waals surface area contributed by atoms with Crippen LogP contribution >= 0.6 is 0 Å². The molecule has 1 aromatic carbocycles. The highest BCUT2D eigenvalue weighted by atomic mass is 28.3. The average Bonchev–Trinajstić information content (AvgIpc) is 2.44. The lowest BCUT2D eigenvalue weighted by atomic mass is 10.0. The quantitative estimate of drug-likeness (QED) is 0.575. The lowest BCUT2D eigenvalue weighted by molar-refractivity contribution is -0.137. The van der Waals surface area contributed by atoms with Gasteiger partial charge in [-0.15, -0.1) is 15.7 Å². The maximum absolute atomic E-state index is 13.0. The van der Waals surface area contributed by atoms with Crippen LogP contribution in [-0.4, -0.2) is 18.3 Å². The van der Waals surface area contributed by atoms with E-state index < -0.39 is 19.8 Å². The predicted molar refractivity (Wildman–Crippen MR) is 82.7 cm³/mol. The molecule has 0 spiro atoms. The summed E-state index contributed by atoms with van der Waals surface area (Å²) in [4.78, 5) is 0. The molecule has 0 aliphatic heterocycles. The standard InChI is InChI=1S/C16H15F3N2Si/c1-22(2,3)11-10-12-8-9-15(21-20-12)13-6-4-5-7-14(13)16(17,18)19/h4-9H,1-3H3. The Balaban J connectivity index is 2.38. The zero-order valence-electron chi connectivity index (χ0n) is 12.5. The maximum Gasteiger partial charge on any atom is 0.417 e. The highest BCUT2D eigenvalue weighted by Crippen LogP contribution is 2.35. The third-order valence-corrected chi connectivity index (χ3v) is 3.61. The van der Waals surface area contributed by atoms with Gasteiger partial charge in [0.1, 0.15) is 13.8 Å². The second-order valence-electron chi connectivity index (χ2n) is 5.85. The molecule has 6 heteroatoms. The zero-order chi connectivity index (χ0) is 16.4. The molecule has 0 saturated heterocycles. The molecule has 114 valence electrons. The van der Waals surface area contributed by atoms with Gasteiger partial charge in [0.05, 0.1) is 11.3 Å². The Morgan fingerprint density at radius 3 is 2.18 bits per heavy atom. The van der Waals surface area contributed by atoms with Gasteiger partial charge in [0.15, 0.2) is 0 Å². The van der Waals surface area contributed by atoms with E-state index in [1.54, 1.807) is 12.1 Å². The molecule has 0 N–H and O–H groups in total. The minimum absolute atomic E-state index is 0.0206. The molecule has 0 saturated carbocycles. The first-order chi connectivity index (χ1) is 10.2. The van der Waals surface area contributed by atoms with Crippen LogP contribution < -0.4 is 0 Å². The lowest BCUT2D eigenvalue weighted by Gasteiger charge is -2.11. The first-order valence-corrected chi connectivity index (χ1v) is 10.2. The normalized spacial score (nSPS) is 11.7. The van der Waals surface area contributed by atoms with Crippen LogP contribution in [0.5, 0.6) is 0 Å². The van der Waals surface area contributed by atoms with Gasteiger partial charge in [-0.05, 0) is 18.2 Å². The lowest BCUT2D eigenvalue weighted by Crippen LogP contribution is -2.16. The number of hydrogen-bond acceptors (Lipinski definition) is 2. The van der Waals surface area contributed by atoms with Crippen LogP contribution in [-0.2, 0) is 6.18 Å². The van der Waals surface area contributed by atoms with E-state index in [0.717, 1.165) is 6.07 Å². The topological polar surface area (TPSA) is 25.8 Å². The third kappa shape index (κ3) is 4.18. The molecule has 2 rings (SSSR count). The van der Waals surface area contributed by atoms with Crippen molar-refractivity contribution in [2.45, 2.75) is 25.8 Å². The van der Waals surface area contributed by atoms with Crippen LogP contribution in [0.2, 0.25) is 19.6 Å². The fourth-order valence-electron chi connectivity index (χ4n) is 1.75. The van der Waals surface area contributed by atoms with E-state index in [-0.39, 0.29) is 11.3 Å². The first kappa shape index (κ1) is 16.2. The number of nitrogens with zero attached hydrogens (tertiary/aromatic N) is 2. The molecule has 1 heterocycles. The molecule has 0 amide bonds. The van der Waals surface area contributed by atoms with Crippen LogP contribution in [0.3, 0.4) is 0 Å². The van der Waals surface area contributed by atoms with Gasteiger partial charge < -0.3 is 0 Å². The summed E-state index contributed by atoms with van der Waals surface area (Å²) in [5.41, 5.74) is 3.10. The summed E-state index contributed by atoms with van der Waals surface area (Å²) in [6.07, 6.45) is -4.42. The van der Waals surface area contributed by atoms with Crippen molar-refractivity contribution in [2.75, 3.05) is 0 Å². The Morgan fingerprint density at radius 2 is 1.64 bits per heavy atom. The molecular weight excluding hydrogens is 305 g/mol. The van der Waals surface area contributed by atoms with Gasteiger partial charge in [0.25, 0.3) is 0 Å². The molecule has 2 nitrogen and oxygen atoms in total. The predicted octanol–water partition coefficient (Wildman–Crippen LogP) is 4.39. The number of rotatable bonds is 1. The Bertz CT molecular complexity index is 720. The van der Waals surface area contributed by atoms with Crippen molar-refractivity contribution in [2.24, 2.45) is 0 Å². The van der Waals surface area contributed by atoms with Crippen molar-refractivity contribution >= 4 is 8.07 Å². The summed E-state index contributed by atoms with van der Waals surface area (Å²) in [7, 11) is -1.53. The molecular formula is C16H15F3N2Si. The molecule has 0 aliphatic carbocycles. The second-order valence-corrected chi connectivity index (χ2v) is 10.6. The van der Waals surface area contributed by atoms with E-state index in [4.69, 9.17) is 0 Å². The summed E-state index contributed by atoms with van der Waals surface area (Å²) in [5.74, 6) is 2.92. The van der Waals surface area contributed by atoms with Crippen LogP contribution in [0.15, 0.2) is 36.4 Å². The van der Waals surface area contributed by atoms with Gasteiger partial charge in [0.2, 0.25) is 0 Å². The van der Waals surface area contributed by atoms with E-state index in [2.05, 4.69) is 41.3 Å². The van der Waals surface area contributed by atoms with Crippen LogP contribution in [0.25, 0.3) is 11.3 Å². The SMILES string of the molecule is C[Si](C)(C)C#Cc1ccc(-c2ccccc2C(F)(F)F)nn1. The molecule has 0 radical (unpaired) electrons. The van der Waals surface area contributed by atoms with Crippen molar-refractivity contribution in [1.29, 1.82) is 0 Å². The van der Waals surface area contributed by atoms with Crippen molar-refractivity contribution in [3.05, 3.63) is 47.7 Å². The summed E-state index contributed by atoms with van der Waals surface area (Å²) in [6.45, 7) is 6.30. The minimum Gasteiger partial charge on any atom is -0.166 e. The molecule has 2 aromatic rings. The monoisotopic (exact) mass is 320 g/mol. The van der Waals surface area contributed by atoms with Gasteiger partial charge in [-0.25, -0.2) is 0 Å². The maximum atomic E-state index is 13.0. The molecule has 0 aliphatic rings. The van der Waals surface area contributed by atoms with Gasteiger partial charge in [-0.3, -0.25) is 0 Å². The van der Waals surface area contributed by atoms with E-state index in [1.165, 1.54) is 18.2 Å². The Hall–Kier alpha value is -2.13. The summed E-state index contributed by atoms with van der Waals surface area (Å²) < 4.78 is 39.0. The number of halogens is 3.